The summed E-state index contributed by atoms with van der Waals surface area (Å²) in [6, 6.07) is 32.0. The van der Waals surface area contributed by atoms with Crippen LogP contribution in [0.4, 0.5) is 17.1 Å². The molecule has 1 aromatic heterocycles. The smallest absolute Gasteiger partial charge is 0.262 e. The zero-order chi connectivity index (χ0) is 43.3. The van der Waals surface area contributed by atoms with Gasteiger partial charge in [0.2, 0.25) is 5.52 Å². The average molecular weight is 953 g/mol. The third-order valence-electron chi connectivity index (χ3n) is 9.78. The summed E-state index contributed by atoms with van der Waals surface area (Å²) in [5.41, 5.74) is 7.25. The van der Waals surface area contributed by atoms with Gasteiger partial charge in [-0.25, -0.2) is 13.3 Å². The van der Waals surface area contributed by atoms with Gasteiger partial charge in [0.1, 0.15) is 4.70 Å². The fourth-order valence-corrected chi connectivity index (χ4v) is 11.0. The molecule has 19 heteroatoms. The lowest BCUT2D eigenvalue weighted by atomic mass is 10.1. The third-order valence-corrected chi connectivity index (χ3v) is 15.0. The minimum atomic E-state index is -3.44. The first-order valence-electron chi connectivity index (χ1n) is 19.3. The van der Waals surface area contributed by atoms with Gasteiger partial charge in [0, 0.05) is 88.1 Å². The summed E-state index contributed by atoms with van der Waals surface area (Å²) in [5, 5.41) is 29.9. The van der Waals surface area contributed by atoms with E-state index in [0.29, 0.717) is 31.0 Å². The molecule has 2 aliphatic rings. The normalized spacial score (nSPS) is 15.6. The van der Waals surface area contributed by atoms with E-state index in [-0.39, 0.29) is 4.90 Å². The van der Waals surface area contributed by atoms with Gasteiger partial charge in [-0.05, 0) is 97.2 Å². The molecule has 0 N–H and O–H groups in total. The number of fused-ring (bicyclic) bond motifs is 2. The SMILES string of the molecule is COOSc1ccc2sc(/C=C/C3=C(N(c4ccccc4)c4ccccc4)C(=C/C=C4\Sc5ccc(S(C)(=O)=O)cc5N4CCCSOO[O-])/CC3)[n+](CCCSOO[O-])c2c1. The van der Waals surface area contributed by atoms with Gasteiger partial charge in [-0.15, -0.1) is 0 Å². The third kappa shape index (κ3) is 11.7. The Morgan fingerprint density at radius 1 is 0.839 bits per heavy atom. The number of sulfone groups is 1. The van der Waals surface area contributed by atoms with Crippen LogP contribution in [0, 0.1) is 0 Å². The van der Waals surface area contributed by atoms with E-state index in [0.717, 1.165) is 119 Å². The fourth-order valence-electron chi connectivity index (χ4n) is 7.13. The van der Waals surface area contributed by atoms with E-state index in [2.05, 4.69) is 93.8 Å². The van der Waals surface area contributed by atoms with Crippen LogP contribution < -0.4 is 24.9 Å². The Morgan fingerprint density at radius 3 is 2.23 bits per heavy atom. The zero-order valence-electron chi connectivity index (χ0n) is 33.6. The molecule has 0 amide bonds. The lowest BCUT2D eigenvalue weighted by Gasteiger charge is -2.28. The molecule has 0 fully saturated rings. The van der Waals surface area contributed by atoms with Gasteiger partial charge in [0.05, 0.1) is 40.5 Å². The molecule has 1 aliphatic heterocycles. The largest absolute Gasteiger partial charge is 0.691 e. The number of allylic oxidation sites excluding steroid dienone is 5. The molecular weight excluding hydrogens is 911 g/mol. The molecule has 13 nitrogen and oxygen atoms in total. The van der Waals surface area contributed by atoms with E-state index in [9.17, 15) is 18.9 Å². The summed E-state index contributed by atoms with van der Waals surface area (Å²) in [6.45, 7) is 1.22. The average Bonchev–Trinajstić information content (AvgIpc) is 3.96. The highest BCUT2D eigenvalue weighted by Gasteiger charge is 2.29. The lowest BCUT2D eigenvalue weighted by molar-refractivity contribution is -0.777. The molecule has 0 saturated heterocycles. The van der Waals surface area contributed by atoms with Gasteiger partial charge in [-0.1, -0.05) is 65.6 Å². The Bertz CT molecular complexity index is 2500. The number of hydrogen-bond acceptors (Lipinski definition) is 17. The molecule has 4 aromatic carbocycles. The molecule has 0 radical (unpaired) electrons. The molecular formula is C43H42N3O10S6-. The minimum Gasteiger partial charge on any atom is -0.691 e. The predicted octanol–water partition coefficient (Wildman–Crippen LogP) is 8.98. The van der Waals surface area contributed by atoms with Crippen LogP contribution >= 0.6 is 59.2 Å². The standard InChI is InChI=1S/C43H43N3O10S6/c1-51-54-61-35-19-21-39-37(29-35)44(25-9-27-57-55-52-47)41(59-39)23-17-31-15-16-32(43(31)46(33-11-5-3-6-12-33)34-13-7-4-8-14-34)18-24-42-45(26-10-28-58-56-53-48)38-30-36(62(2,49)50)20-22-40(38)60-42/h3-8,11-14,17-24,29-30H,9-10,15-16,25-28H2,1-2H3,(H-,47,48)/p-1. The summed E-state index contributed by atoms with van der Waals surface area (Å²) < 4.78 is 42.8. The van der Waals surface area contributed by atoms with Crippen molar-refractivity contribution in [2.24, 2.45) is 0 Å². The molecule has 0 saturated carbocycles. The highest BCUT2D eigenvalue weighted by Crippen LogP contribution is 2.48. The molecule has 0 atom stereocenters. The predicted molar refractivity (Wildman–Crippen MR) is 244 cm³/mol. The molecule has 62 heavy (non-hydrogen) atoms. The second-order valence-electron chi connectivity index (χ2n) is 13.7. The molecule has 1 aliphatic carbocycles. The van der Waals surface area contributed by atoms with Gasteiger partial charge in [0.15, 0.2) is 16.4 Å². The lowest BCUT2D eigenvalue weighted by Crippen LogP contribution is -2.35. The highest BCUT2D eigenvalue weighted by molar-refractivity contribution is 8.03. The number of anilines is 3. The first kappa shape index (κ1) is 46.4. The first-order chi connectivity index (χ1) is 30.3. The molecule has 2 heterocycles. The van der Waals surface area contributed by atoms with Crippen LogP contribution in [-0.4, -0.2) is 39.8 Å². The van der Waals surface area contributed by atoms with Crippen molar-refractivity contribution >= 4 is 102 Å². The van der Waals surface area contributed by atoms with Crippen LogP contribution in [0.1, 0.15) is 30.7 Å². The van der Waals surface area contributed by atoms with Crippen molar-refractivity contribution in [2.45, 2.75) is 46.9 Å². The van der Waals surface area contributed by atoms with E-state index in [1.54, 1.807) is 35.2 Å². The van der Waals surface area contributed by atoms with Crippen LogP contribution in [0.2, 0.25) is 0 Å². The monoisotopic (exact) mass is 952 g/mol. The number of aromatic nitrogens is 1. The fraction of sp³-hybridized carbons (Fsp3) is 0.233. The van der Waals surface area contributed by atoms with E-state index in [1.807, 2.05) is 48.5 Å². The molecule has 0 bridgehead atoms. The Morgan fingerprint density at radius 2 is 1.55 bits per heavy atom. The molecule has 0 spiro atoms. The van der Waals surface area contributed by atoms with Gasteiger partial charge in [-0.2, -0.15) is 17.6 Å². The summed E-state index contributed by atoms with van der Waals surface area (Å²) in [7, 11) is -1.97. The Balaban J connectivity index is 1.31. The Labute approximate surface area is 381 Å². The quantitative estimate of drug-likeness (QED) is 0.0214. The highest BCUT2D eigenvalue weighted by atomic mass is 32.2. The maximum Gasteiger partial charge on any atom is 0.262 e. The van der Waals surface area contributed by atoms with Gasteiger partial charge in [-0.3, -0.25) is 10.1 Å². The number of hydrogen-bond donors (Lipinski definition) is 0. The van der Waals surface area contributed by atoms with Crippen LogP contribution in [0.5, 0.6) is 0 Å². The van der Waals surface area contributed by atoms with Gasteiger partial charge >= 0.3 is 0 Å². The van der Waals surface area contributed by atoms with Crippen molar-refractivity contribution in [3.8, 4) is 0 Å². The zero-order valence-corrected chi connectivity index (χ0v) is 38.5. The van der Waals surface area contributed by atoms with Gasteiger partial charge in [0.25, 0.3) is 5.01 Å². The first-order valence-corrected chi connectivity index (χ1v) is 25.4. The number of thioether (sulfide) groups is 1. The van der Waals surface area contributed by atoms with Crippen molar-refractivity contribution < 1.29 is 51.5 Å². The van der Waals surface area contributed by atoms with E-state index < -0.39 is 9.84 Å². The van der Waals surface area contributed by atoms with Crippen molar-refractivity contribution in [3.63, 3.8) is 0 Å². The number of rotatable bonds is 22. The number of para-hydroxylation sites is 2. The summed E-state index contributed by atoms with van der Waals surface area (Å²) in [6.07, 6.45) is 12.8. The van der Waals surface area contributed by atoms with E-state index in [1.165, 1.54) is 13.4 Å². The summed E-state index contributed by atoms with van der Waals surface area (Å²) >= 11 is 6.32. The van der Waals surface area contributed by atoms with Gasteiger partial charge < -0.3 is 20.3 Å². The van der Waals surface area contributed by atoms with Crippen molar-refractivity contribution in [1.82, 2.24) is 0 Å². The van der Waals surface area contributed by atoms with Crippen molar-refractivity contribution in [2.75, 3.05) is 41.2 Å². The number of benzene rings is 4. The van der Waals surface area contributed by atoms with Crippen molar-refractivity contribution in [3.05, 3.63) is 142 Å². The summed E-state index contributed by atoms with van der Waals surface area (Å²) in [5.74, 6) is 1.05. The maximum atomic E-state index is 12.6. The minimum absolute atomic E-state index is 0.249. The van der Waals surface area contributed by atoms with Crippen LogP contribution in [-0.2, 0) is 44.3 Å². The molecule has 0 unspecified atom stereocenters. The molecule has 5 aromatic rings. The van der Waals surface area contributed by atoms with E-state index >= 15 is 0 Å². The number of thiazole rings is 1. The topological polar surface area (TPSA) is 146 Å². The van der Waals surface area contributed by atoms with Crippen LogP contribution in [0.25, 0.3) is 16.3 Å². The Hall–Kier alpha value is -3.64. The number of nitrogens with zero attached hydrogens (tertiary/aromatic N) is 3. The van der Waals surface area contributed by atoms with Crippen LogP contribution in [0.15, 0.2) is 152 Å². The second-order valence-corrected chi connectivity index (χ2v) is 20.2. The van der Waals surface area contributed by atoms with Crippen molar-refractivity contribution in [1.29, 1.82) is 0 Å². The van der Waals surface area contributed by atoms with Crippen LogP contribution in [0.3, 0.4) is 0 Å². The maximum absolute atomic E-state index is 12.6. The number of aryl methyl sites for hydroxylation is 1. The molecule has 7 rings (SSSR count). The van der Waals surface area contributed by atoms with E-state index in [4.69, 9.17) is 9.22 Å². The Kier molecular flexibility index (Phi) is 17.1. The molecule has 326 valence electrons. The second kappa shape index (κ2) is 22.8. The summed E-state index contributed by atoms with van der Waals surface area (Å²) in [4.78, 5) is 11.4.